The number of carboxylic acids is 1. The van der Waals surface area contributed by atoms with E-state index in [-0.39, 0.29) is 12.8 Å². The van der Waals surface area contributed by atoms with Crippen molar-refractivity contribution in [3.05, 3.63) is 146 Å². The van der Waals surface area contributed by atoms with Gasteiger partial charge in [-0.3, -0.25) is 23.4 Å². The zero-order valence-electron chi connectivity index (χ0n) is 37.8. The van der Waals surface area contributed by atoms with Gasteiger partial charge in [0.1, 0.15) is 12.6 Å². The van der Waals surface area contributed by atoms with E-state index in [0.717, 1.165) is 38.5 Å². The fourth-order valence-corrected chi connectivity index (χ4v) is 5.61. The van der Waals surface area contributed by atoms with Crippen LogP contribution < -0.4 is 5.73 Å². The molecule has 0 spiro atoms. The molecule has 0 aliphatic heterocycles. The second-order valence-electron chi connectivity index (χ2n) is 14.1. The molecule has 64 heavy (non-hydrogen) atoms. The van der Waals surface area contributed by atoms with Crippen LogP contribution in [0.2, 0.25) is 0 Å². The lowest BCUT2D eigenvalue weighted by atomic mass is 10.2. The molecule has 14 heteroatoms. The Hall–Kier alpha value is -4.72. The summed E-state index contributed by atoms with van der Waals surface area (Å²) in [4.78, 5) is 46.0. The van der Waals surface area contributed by atoms with Crippen LogP contribution in [0.1, 0.15) is 104 Å². The summed E-state index contributed by atoms with van der Waals surface area (Å²) >= 11 is 0. The number of esters is 2. The van der Waals surface area contributed by atoms with E-state index in [1.54, 1.807) is 36.5 Å². The molecule has 0 rings (SSSR count). The number of phosphoric ester groups is 1. The average Bonchev–Trinajstić information content (AvgIpc) is 3.26. The van der Waals surface area contributed by atoms with Crippen LogP contribution in [0, 0.1) is 0 Å². The molecular formula is C50H74NO12P. The largest absolute Gasteiger partial charge is 0.480 e. The molecule has 0 fully saturated rings. The number of carboxylic acid groups (broad SMARTS) is 1. The van der Waals surface area contributed by atoms with Gasteiger partial charge in [-0.05, 0) is 77.0 Å². The van der Waals surface area contributed by atoms with Gasteiger partial charge in [0.25, 0.3) is 0 Å². The van der Waals surface area contributed by atoms with Crippen molar-refractivity contribution < 1.29 is 57.7 Å². The summed E-state index contributed by atoms with van der Waals surface area (Å²) in [7, 11) is -4.80. The normalized spacial score (nSPS) is 16.0. The molecule has 0 aliphatic carbocycles. The molecule has 0 amide bonds. The van der Waals surface area contributed by atoms with Crippen LogP contribution in [0.5, 0.6) is 0 Å². The Labute approximate surface area is 381 Å². The number of allylic oxidation sites excluding steroid dienone is 20. The molecule has 1 unspecified atom stereocenters. The number of ether oxygens (including phenoxy) is 2. The van der Waals surface area contributed by atoms with Crippen LogP contribution in [-0.4, -0.2) is 82.3 Å². The Morgan fingerprint density at radius 2 is 1.09 bits per heavy atom. The van der Waals surface area contributed by atoms with E-state index in [4.69, 9.17) is 24.8 Å². The molecule has 0 aromatic rings. The minimum Gasteiger partial charge on any atom is -0.480 e. The Balaban J connectivity index is 4.75. The quantitative estimate of drug-likeness (QED) is 0.0128. The molecule has 0 aliphatic rings. The van der Waals surface area contributed by atoms with E-state index in [2.05, 4.69) is 66.1 Å². The van der Waals surface area contributed by atoms with Crippen LogP contribution in [0.3, 0.4) is 0 Å². The minimum atomic E-state index is -4.80. The van der Waals surface area contributed by atoms with Crippen molar-refractivity contribution in [2.24, 2.45) is 5.73 Å². The van der Waals surface area contributed by atoms with Crippen molar-refractivity contribution in [3.63, 3.8) is 0 Å². The fraction of sp³-hybridized carbons (Fsp3) is 0.460. The summed E-state index contributed by atoms with van der Waals surface area (Å²) in [5, 5.41) is 28.9. The molecule has 0 aromatic heterocycles. The second kappa shape index (κ2) is 42.2. The van der Waals surface area contributed by atoms with Crippen molar-refractivity contribution in [3.8, 4) is 0 Å². The number of carbonyl (C=O) groups excluding carboxylic acids is 2. The Morgan fingerprint density at radius 1 is 0.578 bits per heavy atom. The van der Waals surface area contributed by atoms with E-state index in [9.17, 15) is 34.1 Å². The number of nitrogens with two attached hydrogens (primary N) is 1. The summed E-state index contributed by atoms with van der Waals surface area (Å²) < 4.78 is 32.5. The molecule has 13 nitrogen and oxygen atoms in total. The topological polar surface area (TPSA) is 212 Å². The lowest BCUT2D eigenvalue weighted by molar-refractivity contribution is -0.161. The minimum absolute atomic E-state index is 0.0431. The van der Waals surface area contributed by atoms with E-state index in [0.29, 0.717) is 38.5 Å². The van der Waals surface area contributed by atoms with Gasteiger partial charge < -0.3 is 35.4 Å². The summed E-state index contributed by atoms with van der Waals surface area (Å²) in [6.07, 6.45) is 52.9. The number of carbonyl (C=O) groups is 3. The highest BCUT2D eigenvalue weighted by Gasteiger charge is 2.28. The predicted molar refractivity (Wildman–Crippen MR) is 256 cm³/mol. The number of hydrogen-bond acceptors (Lipinski definition) is 11. The smallest absolute Gasteiger partial charge is 0.472 e. The van der Waals surface area contributed by atoms with E-state index < -0.39 is 69.9 Å². The third-order valence-electron chi connectivity index (χ3n) is 8.27. The summed E-state index contributed by atoms with van der Waals surface area (Å²) in [6.45, 7) is 2.19. The lowest BCUT2D eigenvalue weighted by Gasteiger charge is -2.20. The number of aliphatic hydroxyl groups excluding tert-OH is 2. The van der Waals surface area contributed by atoms with Gasteiger partial charge in [-0.1, -0.05) is 160 Å². The first-order chi connectivity index (χ1) is 30.9. The molecule has 0 radical (unpaired) electrons. The second-order valence-corrected chi connectivity index (χ2v) is 15.6. The maximum atomic E-state index is 12.6. The first-order valence-electron chi connectivity index (χ1n) is 22.1. The maximum Gasteiger partial charge on any atom is 0.472 e. The van der Waals surface area contributed by atoms with Gasteiger partial charge >= 0.3 is 25.7 Å². The van der Waals surface area contributed by atoms with Crippen LogP contribution in [-0.2, 0) is 37.5 Å². The number of unbranched alkanes of at least 4 members (excludes halogenated alkanes) is 1. The van der Waals surface area contributed by atoms with E-state index in [1.165, 1.54) is 0 Å². The highest BCUT2D eigenvalue weighted by atomic mass is 31.2. The third kappa shape index (κ3) is 41.3. The molecule has 0 aromatic carbocycles. The fourth-order valence-electron chi connectivity index (χ4n) is 4.83. The molecular weight excluding hydrogens is 838 g/mol. The molecule has 356 valence electrons. The predicted octanol–water partition coefficient (Wildman–Crippen LogP) is 9.88. The van der Waals surface area contributed by atoms with Crippen LogP contribution >= 0.6 is 7.82 Å². The first-order valence-corrected chi connectivity index (χ1v) is 23.6. The molecule has 0 saturated carbocycles. The van der Waals surface area contributed by atoms with Gasteiger partial charge in [-0.15, -0.1) is 0 Å². The highest BCUT2D eigenvalue weighted by molar-refractivity contribution is 7.47. The number of hydrogen-bond donors (Lipinski definition) is 5. The zero-order chi connectivity index (χ0) is 47.4. The van der Waals surface area contributed by atoms with Crippen molar-refractivity contribution in [2.45, 2.75) is 128 Å². The number of phosphoric acid groups is 1. The standard InChI is InChI=1S/C50H74NO12P/c1-3-5-7-8-9-10-11-12-13-14-15-16-17-18-19-20-24-27-33-39-48(54)60-41-46(42-61-64(58,59)62-43-47(51)50(56)57)63-49(55)40-34-28-32-38-45(53)37-31-26-23-21-22-25-30-36-44(52)35-29-6-4-2/h5-7,9-10,12-13,15-16,18-19,22-27,29-32,36-38,44-47,52-53H,3-4,8,11,14,17,20-21,28,33-35,39-43,51H2,1-2H3,(H,56,57)(H,58,59)/b7-5-,10-9-,13-12-,16-15-,19-18-,25-22-,26-23-,27-24-,29-6-,36-30+,37-31+,38-32-/t44-,45-,46+,47-/m0/s1. The molecule has 5 atom stereocenters. The van der Waals surface area contributed by atoms with E-state index in [1.807, 2.05) is 61.6 Å². The molecule has 6 N–H and O–H groups in total. The van der Waals surface area contributed by atoms with Crippen molar-refractivity contribution in [2.75, 3.05) is 19.8 Å². The lowest BCUT2D eigenvalue weighted by Crippen LogP contribution is -2.34. The maximum absolute atomic E-state index is 12.6. The van der Waals surface area contributed by atoms with Gasteiger partial charge in [0.15, 0.2) is 6.10 Å². The van der Waals surface area contributed by atoms with Gasteiger partial charge in [-0.25, -0.2) is 4.57 Å². The van der Waals surface area contributed by atoms with Gasteiger partial charge in [0.05, 0.1) is 25.4 Å². The Morgan fingerprint density at radius 3 is 1.67 bits per heavy atom. The zero-order valence-corrected chi connectivity index (χ0v) is 38.7. The Bertz CT molecular complexity index is 1670. The van der Waals surface area contributed by atoms with Crippen molar-refractivity contribution in [1.82, 2.24) is 0 Å². The van der Waals surface area contributed by atoms with Gasteiger partial charge in [-0.2, -0.15) is 0 Å². The van der Waals surface area contributed by atoms with Crippen LogP contribution in [0.25, 0.3) is 0 Å². The monoisotopic (exact) mass is 911 g/mol. The summed E-state index contributed by atoms with van der Waals surface area (Å²) in [5.74, 6) is -2.72. The van der Waals surface area contributed by atoms with Crippen molar-refractivity contribution >= 4 is 25.7 Å². The van der Waals surface area contributed by atoms with Crippen molar-refractivity contribution in [1.29, 1.82) is 0 Å². The number of aliphatic hydroxyl groups is 2. The summed E-state index contributed by atoms with van der Waals surface area (Å²) in [6, 6.07) is -1.57. The Kier molecular flexibility index (Phi) is 39.1. The van der Waals surface area contributed by atoms with Crippen LogP contribution in [0.4, 0.5) is 0 Å². The van der Waals surface area contributed by atoms with Gasteiger partial charge in [0, 0.05) is 12.8 Å². The molecule has 0 saturated heterocycles. The average molecular weight is 912 g/mol. The third-order valence-corrected chi connectivity index (χ3v) is 9.22. The van der Waals surface area contributed by atoms with Gasteiger partial charge in [0.2, 0.25) is 0 Å². The molecule has 0 heterocycles. The highest BCUT2D eigenvalue weighted by Crippen LogP contribution is 2.43. The molecule has 0 bridgehead atoms. The van der Waals surface area contributed by atoms with Crippen LogP contribution in [0.15, 0.2) is 146 Å². The summed E-state index contributed by atoms with van der Waals surface area (Å²) in [5.41, 5.74) is 5.32. The number of aliphatic carboxylic acids is 1. The SMILES string of the molecule is CC/C=C\C/C=C\C/C=C\C/C=C\C/C=C\C/C=C\CCC(=O)OC[C@H](COP(=O)(O)OC[C@H](N)C(=O)O)OC(=O)CCC/C=C\[C@@H](O)/C=C/C=C\C/C=C\C=C\[C@@H](O)C/C=C\CC. The van der Waals surface area contributed by atoms with E-state index >= 15 is 0 Å². The first kappa shape index (κ1) is 59.3. The number of rotatable bonds is 38.